The Kier molecular flexibility index (Phi) is 6.83. The summed E-state index contributed by atoms with van der Waals surface area (Å²) in [6, 6.07) is 10.1. The van der Waals surface area contributed by atoms with E-state index in [-0.39, 0.29) is 0 Å². The van der Waals surface area contributed by atoms with Crippen LogP contribution in [0.1, 0.15) is 31.2 Å². The number of hydrogen-bond acceptors (Lipinski definition) is 4. The normalized spacial score (nSPS) is 15.6. The molecule has 0 bridgehead atoms. The lowest BCUT2D eigenvalue weighted by Gasteiger charge is -2.11. The summed E-state index contributed by atoms with van der Waals surface area (Å²) in [7, 11) is 0. The van der Waals surface area contributed by atoms with Crippen LogP contribution in [0.5, 0.6) is 0 Å². The summed E-state index contributed by atoms with van der Waals surface area (Å²) >= 11 is 0. The van der Waals surface area contributed by atoms with Crippen molar-refractivity contribution in [2.75, 3.05) is 26.4 Å². The van der Waals surface area contributed by atoms with Gasteiger partial charge in [-0.1, -0.05) is 30.3 Å². The Morgan fingerprint density at radius 2 is 1.64 bits per heavy atom. The molecule has 0 radical (unpaired) electrons. The molecule has 0 saturated heterocycles. The number of rotatable bonds is 12. The highest BCUT2D eigenvalue weighted by molar-refractivity contribution is 5.80. The molecule has 5 nitrogen and oxygen atoms in total. The third-order valence-corrected chi connectivity index (χ3v) is 3.59. The van der Waals surface area contributed by atoms with Crippen LogP contribution in [-0.2, 0) is 25.6 Å². The van der Waals surface area contributed by atoms with Crippen molar-refractivity contribution in [2.45, 2.75) is 37.9 Å². The quantitative estimate of drug-likeness (QED) is 0.601. The van der Waals surface area contributed by atoms with Crippen LogP contribution in [-0.4, -0.2) is 43.1 Å². The summed E-state index contributed by atoms with van der Waals surface area (Å²) in [4.78, 5) is 10.9. The van der Waals surface area contributed by atoms with Gasteiger partial charge in [-0.3, -0.25) is 0 Å². The first-order chi connectivity index (χ1) is 10.7. The van der Waals surface area contributed by atoms with Crippen LogP contribution in [0.2, 0.25) is 0 Å². The molecule has 1 aliphatic rings. The second kappa shape index (κ2) is 8.88. The average Bonchev–Trinajstić information content (AvgIpc) is 3.31. The molecule has 1 aromatic rings. The predicted octanol–water partition coefficient (Wildman–Crippen LogP) is 2.63. The maximum atomic E-state index is 10.9. The van der Waals surface area contributed by atoms with Crippen molar-refractivity contribution >= 4 is 5.97 Å². The van der Waals surface area contributed by atoms with Crippen LogP contribution in [0.3, 0.4) is 0 Å². The molecule has 1 N–H and O–H groups in total. The van der Waals surface area contributed by atoms with E-state index in [1.165, 1.54) is 5.56 Å². The maximum Gasteiger partial charge on any atom is 0.335 e. The van der Waals surface area contributed by atoms with E-state index >= 15 is 0 Å². The van der Waals surface area contributed by atoms with Crippen molar-refractivity contribution in [3.05, 3.63) is 35.9 Å². The first-order valence-electron chi connectivity index (χ1n) is 7.80. The van der Waals surface area contributed by atoms with E-state index in [1.54, 1.807) is 0 Å². The van der Waals surface area contributed by atoms with Crippen molar-refractivity contribution in [3.63, 3.8) is 0 Å². The molecule has 0 spiro atoms. The number of aliphatic carboxylic acids is 1. The molecular formula is C17H24O5. The van der Waals surface area contributed by atoms with Gasteiger partial charge in [0.25, 0.3) is 0 Å². The molecule has 0 amide bonds. The van der Waals surface area contributed by atoms with Gasteiger partial charge in [-0.05, 0) is 31.2 Å². The molecule has 1 aliphatic carbocycles. The van der Waals surface area contributed by atoms with Gasteiger partial charge < -0.3 is 19.3 Å². The zero-order valence-electron chi connectivity index (χ0n) is 12.8. The van der Waals surface area contributed by atoms with Gasteiger partial charge in [-0.2, -0.15) is 0 Å². The number of hydrogen-bond donors (Lipinski definition) is 1. The van der Waals surface area contributed by atoms with E-state index in [1.807, 2.05) is 30.3 Å². The number of carboxylic acid groups (broad SMARTS) is 1. The van der Waals surface area contributed by atoms with Crippen LogP contribution in [0.15, 0.2) is 30.3 Å². The van der Waals surface area contributed by atoms with E-state index in [4.69, 9.17) is 19.3 Å². The Morgan fingerprint density at radius 3 is 2.27 bits per heavy atom. The molecular weight excluding hydrogens is 284 g/mol. The van der Waals surface area contributed by atoms with Gasteiger partial charge in [-0.25, -0.2) is 4.79 Å². The van der Waals surface area contributed by atoms with Gasteiger partial charge >= 0.3 is 5.97 Å². The lowest BCUT2D eigenvalue weighted by molar-refractivity contribution is -0.153. The summed E-state index contributed by atoms with van der Waals surface area (Å²) in [5.41, 5.74) is 0.290. The number of carbonyl (C=O) groups is 1. The molecule has 0 heterocycles. The first-order valence-corrected chi connectivity index (χ1v) is 7.80. The molecule has 1 aromatic carbocycles. The summed E-state index contributed by atoms with van der Waals surface area (Å²) < 4.78 is 16.4. The molecule has 0 atom stereocenters. The molecule has 0 unspecified atom stereocenters. The Bertz CT molecular complexity index is 442. The molecule has 22 heavy (non-hydrogen) atoms. The zero-order valence-corrected chi connectivity index (χ0v) is 12.8. The van der Waals surface area contributed by atoms with Gasteiger partial charge in [0.1, 0.15) is 0 Å². The van der Waals surface area contributed by atoms with Crippen molar-refractivity contribution in [2.24, 2.45) is 0 Å². The summed E-state index contributed by atoms with van der Waals surface area (Å²) in [5, 5.41) is 8.94. The van der Waals surface area contributed by atoms with E-state index in [9.17, 15) is 4.79 Å². The average molecular weight is 308 g/mol. The minimum Gasteiger partial charge on any atom is -0.479 e. The highest BCUT2D eigenvalue weighted by Gasteiger charge is 2.51. The van der Waals surface area contributed by atoms with Crippen LogP contribution in [0.25, 0.3) is 0 Å². The molecule has 0 aliphatic heterocycles. The minimum absolute atomic E-state index is 0.441. The lowest BCUT2D eigenvalue weighted by atomic mass is 10.2. The fourth-order valence-corrected chi connectivity index (χ4v) is 2.09. The highest BCUT2D eigenvalue weighted by Crippen LogP contribution is 2.39. The Balaban J connectivity index is 1.37. The molecule has 5 heteroatoms. The molecule has 2 rings (SSSR count). The molecule has 1 fully saturated rings. The number of carboxylic acids is 1. The van der Waals surface area contributed by atoms with Gasteiger partial charge in [0.05, 0.1) is 13.2 Å². The van der Waals surface area contributed by atoms with Crippen molar-refractivity contribution in [3.8, 4) is 0 Å². The third kappa shape index (κ3) is 5.75. The first kappa shape index (κ1) is 16.9. The third-order valence-electron chi connectivity index (χ3n) is 3.59. The van der Waals surface area contributed by atoms with E-state index in [2.05, 4.69) is 0 Å². The fraction of sp³-hybridized carbons (Fsp3) is 0.588. The summed E-state index contributed by atoms with van der Waals surface area (Å²) in [6.45, 7) is 2.99. The number of ether oxygens (including phenoxy) is 3. The Hall–Kier alpha value is -1.43. The predicted molar refractivity (Wildman–Crippen MR) is 81.7 cm³/mol. The lowest BCUT2D eigenvalue weighted by Crippen LogP contribution is -2.26. The summed E-state index contributed by atoms with van der Waals surface area (Å²) in [6.07, 6.45) is 2.83. The van der Waals surface area contributed by atoms with E-state index in [0.29, 0.717) is 45.9 Å². The van der Waals surface area contributed by atoms with E-state index < -0.39 is 11.6 Å². The van der Waals surface area contributed by atoms with Gasteiger partial charge in [-0.15, -0.1) is 0 Å². The van der Waals surface area contributed by atoms with Crippen LogP contribution in [0.4, 0.5) is 0 Å². The number of benzene rings is 1. The molecule has 0 aromatic heterocycles. The van der Waals surface area contributed by atoms with Gasteiger partial charge in [0.15, 0.2) is 5.60 Å². The fourth-order valence-electron chi connectivity index (χ4n) is 2.09. The van der Waals surface area contributed by atoms with Crippen molar-refractivity contribution in [1.82, 2.24) is 0 Å². The van der Waals surface area contributed by atoms with Crippen molar-refractivity contribution < 1.29 is 24.1 Å². The van der Waals surface area contributed by atoms with Crippen LogP contribution < -0.4 is 0 Å². The molecule has 1 saturated carbocycles. The second-order valence-corrected chi connectivity index (χ2v) is 5.51. The zero-order chi connectivity index (χ0) is 15.7. The second-order valence-electron chi connectivity index (χ2n) is 5.51. The standard InChI is InChI=1S/C17H24O5/c18-16(19)17(8-9-17)22-13-5-11-20-10-4-12-21-14-15-6-2-1-3-7-15/h1-3,6-7H,4-5,8-14H2,(H,18,19). The maximum absolute atomic E-state index is 10.9. The molecule has 122 valence electrons. The van der Waals surface area contributed by atoms with Gasteiger partial charge in [0, 0.05) is 19.8 Å². The highest BCUT2D eigenvalue weighted by atomic mass is 16.5. The van der Waals surface area contributed by atoms with Crippen molar-refractivity contribution in [1.29, 1.82) is 0 Å². The van der Waals surface area contributed by atoms with Crippen LogP contribution in [0, 0.1) is 0 Å². The smallest absolute Gasteiger partial charge is 0.335 e. The summed E-state index contributed by atoms with van der Waals surface area (Å²) in [5.74, 6) is -0.844. The Labute approximate surface area is 131 Å². The monoisotopic (exact) mass is 308 g/mol. The topological polar surface area (TPSA) is 65.0 Å². The van der Waals surface area contributed by atoms with E-state index in [0.717, 1.165) is 12.8 Å². The SMILES string of the molecule is O=C(O)C1(OCCCOCCCOCc2ccccc2)CC1. The van der Waals surface area contributed by atoms with Gasteiger partial charge in [0.2, 0.25) is 0 Å². The minimum atomic E-state index is -0.884. The largest absolute Gasteiger partial charge is 0.479 e. The Morgan fingerprint density at radius 1 is 1.00 bits per heavy atom. The van der Waals surface area contributed by atoms with Crippen LogP contribution >= 0.6 is 0 Å².